The summed E-state index contributed by atoms with van der Waals surface area (Å²) in [6, 6.07) is 0. The summed E-state index contributed by atoms with van der Waals surface area (Å²) >= 11 is 1.61. The van der Waals surface area contributed by atoms with Crippen molar-refractivity contribution in [1.82, 2.24) is 15.0 Å². The third-order valence-corrected chi connectivity index (χ3v) is 3.65. The van der Waals surface area contributed by atoms with Crippen molar-refractivity contribution < 1.29 is 0 Å². The number of aromatic nitrogens is 3. The van der Waals surface area contributed by atoms with Crippen molar-refractivity contribution in [2.75, 3.05) is 17.6 Å². The Hall–Kier alpha value is -1.69. The van der Waals surface area contributed by atoms with Crippen molar-refractivity contribution in [1.29, 1.82) is 0 Å². The highest BCUT2D eigenvalue weighted by Gasteiger charge is 2.20. The van der Waals surface area contributed by atoms with E-state index in [9.17, 15) is 0 Å². The van der Waals surface area contributed by atoms with Crippen LogP contribution < -0.4 is 11.1 Å². The highest BCUT2D eigenvalue weighted by molar-refractivity contribution is 7.07. The van der Waals surface area contributed by atoms with Crippen LogP contribution in [0.5, 0.6) is 0 Å². The van der Waals surface area contributed by atoms with Gasteiger partial charge in [-0.1, -0.05) is 20.8 Å². The van der Waals surface area contributed by atoms with Gasteiger partial charge in [0, 0.05) is 29.3 Å². The van der Waals surface area contributed by atoms with Gasteiger partial charge < -0.3 is 11.1 Å². The molecule has 2 heterocycles. The molecule has 108 valence electrons. The number of hydrogen-bond donors (Lipinski definition) is 2. The third-order valence-electron chi connectivity index (χ3n) is 3.01. The van der Waals surface area contributed by atoms with E-state index < -0.39 is 0 Å². The molecule has 0 amide bonds. The monoisotopic (exact) mass is 291 g/mol. The average Bonchev–Trinajstić information content (AvgIpc) is 2.86. The Morgan fingerprint density at radius 1 is 1.30 bits per heavy atom. The van der Waals surface area contributed by atoms with E-state index in [4.69, 9.17) is 5.73 Å². The third kappa shape index (κ3) is 3.45. The van der Waals surface area contributed by atoms with Crippen molar-refractivity contribution in [3.63, 3.8) is 0 Å². The number of nitrogen functional groups attached to an aromatic ring is 1. The number of hydrogen-bond acceptors (Lipinski definition) is 6. The minimum absolute atomic E-state index is 0.118. The van der Waals surface area contributed by atoms with Crippen LogP contribution in [0.3, 0.4) is 0 Å². The Morgan fingerprint density at radius 3 is 2.65 bits per heavy atom. The molecular formula is C14H21N5S. The molecule has 2 aromatic rings. The zero-order valence-electron chi connectivity index (χ0n) is 12.4. The number of nitrogens with one attached hydrogen (secondary N) is 1. The first kappa shape index (κ1) is 14.7. The summed E-state index contributed by atoms with van der Waals surface area (Å²) in [6.45, 7) is 8.96. The molecule has 0 spiro atoms. The van der Waals surface area contributed by atoms with Crippen molar-refractivity contribution >= 4 is 23.0 Å². The molecule has 0 aliphatic carbocycles. The second-order valence-electron chi connectivity index (χ2n) is 5.81. The maximum atomic E-state index is 5.98. The van der Waals surface area contributed by atoms with Gasteiger partial charge in [0.15, 0.2) is 0 Å². The Labute approximate surface area is 123 Å². The number of nitrogens with zero attached hydrogens (tertiary/aromatic N) is 3. The summed E-state index contributed by atoms with van der Waals surface area (Å²) in [6.07, 6.45) is 0.873. The molecule has 3 N–H and O–H groups in total. The lowest BCUT2D eigenvalue weighted by Crippen LogP contribution is -2.20. The molecule has 0 saturated carbocycles. The van der Waals surface area contributed by atoms with Crippen molar-refractivity contribution in [3.8, 4) is 0 Å². The maximum Gasteiger partial charge on any atom is 0.138 e. The number of thiazole rings is 1. The smallest absolute Gasteiger partial charge is 0.138 e. The highest BCUT2D eigenvalue weighted by Crippen LogP contribution is 2.24. The normalized spacial score (nSPS) is 11.6. The second kappa shape index (κ2) is 5.75. The SMILES string of the molecule is Cc1c(N)nc(C(C)(C)C)nc1NCCc1cscn1. The van der Waals surface area contributed by atoms with Crippen LogP contribution in [0.15, 0.2) is 10.9 Å². The van der Waals surface area contributed by atoms with Gasteiger partial charge >= 0.3 is 0 Å². The van der Waals surface area contributed by atoms with E-state index in [0.717, 1.165) is 35.9 Å². The van der Waals surface area contributed by atoms with Crippen LogP contribution in [0.25, 0.3) is 0 Å². The van der Waals surface area contributed by atoms with E-state index in [1.165, 1.54) is 0 Å². The molecule has 0 aliphatic heterocycles. The first-order valence-electron chi connectivity index (χ1n) is 6.63. The lowest BCUT2D eigenvalue weighted by Gasteiger charge is -2.19. The Balaban J connectivity index is 2.12. The van der Waals surface area contributed by atoms with Crippen molar-refractivity contribution in [3.05, 3.63) is 28.0 Å². The molecule has 6 heteroatoms. The molecule has 20 heavy (non-hydrogen) atoms. The average molecular weight is 291 g/mol. The summed E-state index contributed by atoms with van der Waals surface area (Å²) in [4.78, 5) is 13.2. The number of nitrogens with two attached hydrogens (primary N) is 1. The molecule has 0 fully saturated rings. The molecular weight excluding hydrogens is 270 g/mol. The molecule has 0 radical (unpaired) electrons. The lowest BCUT2D eigenvalue weighted by molar-refractivity contribution is 0.546. The molecule has 0 aromatic carbocycles. The summed E-state index contributed by atoms with van der Waals surface area (Å²) in [5, 5.41) is 5.40. The molecule has 0 atom stereocenters. The number of rotatable bonds is 4. The van der Waals surface area contributed by atoms with E-state index in [0.29, 0.717) is 5.82 Å². The second-order valence-corrected chi connectivity index (χ2v) is 6.53. The molecule has 5 nitrogen and oxygen atoms in total. The lowest BCUT2D eigenvalue weighted by atomic mass is 9.95. The van der Waals surface area contributed by atoms with E-state index in [1.54, 1.807) is 11.3 Å². The first-order chi connectivity index (χ1) is 9.38. The standard InChI is InChI=1S/C14H21N5S/c1-9-11(15)18-13(14(2,3)4)19-12(9)16-6-5-10-7-20-8-17-10/h7-8H,5-6H2,1-4H3,(H3,15,16,18,19). The van der Waals surface area contributed by atoms with Gasteiger partial charge in [-0.2, -0.15) is 0 Å². The van der Waals surface area contributed by atoms with Gasteiger partial charge in [0.05, 0.1) is 11.2 Å². The zero-order chi connectivity index (χ0) is 14.8. The fraction of sp³-hybridized carbons (Fsp3) is 0.500. The summed E-state index contributed by atoms with van der Waals surface area (Å²) in [5.74, 6) is 2.12. The van der Waals surface area contributed by atoms with Gasteiger partial charge in [0.2, 0.25) is 0 Å². The first-order valence-corrected chi connectivity index (χ1v) is 7.57. The fourth-order valence-electron chi connectivity index (χ4n) is 1.71. The van der Waals surface area contributed by atoms with E-state index in [2.05, 4.69) is 46.4 Å². The quantitative estimate of drug-likeness (QED) is 0.905. The predicted octanol–water partition coefficient (Wildman–Crippen LogP) is 2.78. The molecule has 2 aromatic heterocycles. The maximum absolute atomic E-state index is 5.98. The van der Waals surface area contributed by atoms with Crippen LogP contribution in [0.4, 0.5) is 11.6 Å². The van der Waals surface area contributed by atoms with E-state index >= 15 is 0 Å². The number of anilines is 2. The minimum Gasteiger partial charge on any atom is -0.383 e. The summed E-state index contributed by atoms with van der Waals surface area (Å²) < 4.78 is 0. The van der Waals surface area contributed by atoms with Crippen LogP contribution in [-0.4, -0.2) is 21.5 Å². The van der Waals surface area contributed by atoms with Crippen LogP contribution in [0.1, 0.15) is 37.9 Å². The van der Waals surface area contributed by atoms with Gasteiger partial charge in [-0.05, 0) is 6.92 Å². The molecule has 0 bridgehead atoms. The molecule has 0 saturated heterocycles. The van der Waals surface area contributed by atoms with E-state index in [1.807, 2.05) is 12.4 Å². The van der Waals surface area contributed by atoms with Gasteiger partial charge in [-0.3, -0.25) is 0 Å². The van der Waals surface area contributed by atoms with Crippen LogP contribution in [0, 0.1) is 6.92 Å². The Morgan fingerprint density at radius 2 is 2.05 bits per heavy atom. The largest absolute Gasteiger partial charge is 0.383 e. The van der Waals surface area contributed by atoms with Gasteiger partial charge in [0.25, 0.3) is 0 Å². The molecule has 0 unspecified atom stereocenters. The highest BCUT2D eigenvalue weighted by atomic mass is 32.1. The summed E-state index contributed by atoms with van der Waals surface area (Å²) in [7, 11) is 0. The van der Waals surface area contributed by atoms with Gasteiger partial charge in [0.1, 0.15) is 17.5 Å². The van der Waals surface area contributed by atoms with Crippen LogP contribution in [0.2, 0.25) is 0 Å². The van der Waals surface area contributed by atoms with Crippen molar-refractivity contribution in [2.24, 2.45) is 0 Å². The summed E-state index contributed by atoms with van der Waals surface area (Å²) in [5.41, 5.74) is 9.71. The Bertz CT molecular complexity index is 572. The van der Waals surface area contributed by atoms with Crippen LogP contribution in [-0.2, 0) is 11.8 Å². The van der Waals surface area contributed by atoms with E-state index in [-0.39, 0.29) is 5.41 Å². The van der Waals surface area contributed by atoms with Crippen LogP contribution >= 0.6 is 11.3 Å². The predicted molar refractivity (Wildman–Crippen MR) is 84.2 cm³/mol. The van der Waals surface area contributed by atoms with Crippen molar-refractivity contribution in [2.45, 2.75) is 39.5 Å². The molecule has 2 rings (SSSR count). The van der Waals surface area contributed by atoms with Gasteiger partial charge in [-0.15, -0.1) is 11.3 Å². The zero-order valence-corrected chi connectivity index (χ0v) is 13.2. The topological polar surface area (TPSA) is 76.7 Å². The molecule has 0 aliphatic rings. The Kier molecular flexibility index (Phi) is 4.23. The fourth-order valence-corrected chi connectivity index (χ4v) is 2.30. The minimum atomic E-state index is -0.118. The van der Waals surface area contributed by atoms with Gasteiger partial charge in [-0.25, -0.2) is 15.0 Å².